The summed E-state index contributed by atoms with van der Waals surface area (Å²) in [6, 6.07) is 7.05. The van der Waals surface area contributed by atoms with Gasteiger partial charge >= 0.3 is 0 Å². The maximum absolute atomic E-state index is 12.0. The standard InChI is InChI=1S/C13H18N6O/c1-2-3-11(13-16-18-19-17-13)15-12(20)8-9-4-6-10(14)7-5-9/h4-7,11H,2-3,8,14H2,1H3,(H,15,20)(H,16,17,18,19). The van der Waals surface area contributed by atoms with E-state index in [1.54, 1.807) is 12.1 Å². The normalized spacial score (nSPS) is 12.1. The average molecular weight is 274 g/mol. The van der Waals surface area contributed by atoms with Crippen LogP contribution in [-0.2, 0) is 11.2 Å². The van der Waals surface area contributed by atoms with Crippen LogP contribution in [0.5, 0.6) is 0 Å². The molecule has 4 N–H and O–H groups in total. The van der Waals surface area contributed by atoms with E-state index in [0.717, 1.165) is 18.4 Å². The lowest BCUT2D eigenvalue weighted by Crippen LogP contribution is -2.30. The number of H-pyrrole nitrogens is 1. The molecule has 0 radical (unpaired) electrons. The zero-order chi connectivity index (χ0) is 14.4. The van der Waals surface area contributed by atoms with E-state index in [-0.39, 0.29) is 11.9 Å². The Hall–Kier alpha value is -2.44. The first-order chi connectivity index (χ1) is 9.69. The van der Waals surface area contributed by atoms with Crippen LogP contribution in [0, 0.1) is 0 Å². The highest BCUT2D eigenvalue weighted by Crippen LogP contribution is 2.13. The molecule has 0 saturated carbocycles. The van der Waals surface area contributed by atoms with E-state index >= 15 is 0 Å². The largest absolute Gasteiger partial charge is 0.399 e. The Balaban J connectivity index is 1.96. The molecule has 2 aromatic rings. The predicted octanol–water partition coefficient (Wildman–Crippen LogP) is 0.982. The van der Waals surface area contributed by atoms with Crippen LogP contribution in [0.4, 0.5) is 5.69 Å². The molecule has 7 nitrogen and oxygen atoms in total. The number of tetrazole rings is 1. The summed E-state index contributed by atoms with van der Waals surface area (Å²) in [5.74, 6) is 0.440. The monoisotopic (exact) mass is 274 g/mol. The molecule has 0 bridgehead atoms. The summed E-state index contributed by atoms with van der Waals surface area (Å²) in [5, 5.41) is 16.7. The van der Waals surface area contributed by atoms with Crippen LogP contribution in [0.1, 0.15) is 37.2 Å². The van der Waals surface area contributed by atoms with E-state index < -0.39 is 0 Å². The molecule has 1 unspecified atom stereocenters. The van der Waals surface area contributed by atoms with Gasteiger partial charge in [-0.1, -0.05) is 30.7 Å². The molecule has 7 heteroatoms. The van der Waals surface area contributed by atoms with Gasteiger partial charge in [0.15, 0.2) is 5.82 Å². The van der Waals surface area contributed by atoms with Crippen molar-refractivity contribution in [2.75, 3.05) is 5.73 Å². The molecule has 0 spiro atoms. The highest BCUT2D eigenvalue weighted by atomic mass is 16.1. The number of rotatable bonds is 6. The lowest BCUT2D eigenvalue weighted by molar-refractivity contribution is -0.121. The van der Waals surface area contributed by atoms with Crippen LogP contribution < -0.4 is 11.1 Å². The lowest BCUT2D eigenvalue weighted by atomic mass is 10.1. The van der Waals surface area contributed by atoms with Gasteiger partial charge < -0.3 is 11.1 Å². The fourth-order valence-electron chi connectivity index (χ4n) is 1.94. The zero-order valence-electron chi connectivity index (χ0n) is 11.3. The Morgan fingerprint density at radius 2 is 2.15 bits per heavy atom. The minimum atomic E-state index is -0.208. The van der Waals surface area contributed by atoms with Crippen LogP contribution in [0.2, 0.25) is 0 Å². The first kappa shape index (κ1) is 14.0. The summed E-state index contributed by atoms with van der Waals surface area (Å²) in [4.78, 5) is 12.0. The molecule has 2 rings (SSSR count). The van der Waals surface area contributed by atoms with E-state index in [0.29, 0.717) is 17.9 Å². The number of benzene rings is 1. The Morgan fingerprint density at radius 1 is 1.40 bits per heavy atom. The Morgan fingerprint density at radius 3 is 2.75 bits per heavy atom. The second-order valence-corrected chi connectivity index (χ2v) is 4.60. The molecule has 1 aromatic heterocycles. The number of nitrogens with zero attached hydrogens (tertiary/aromatic N) is 3. The van der Waals surface area contributed by atoms with Crippen molar-refractivity contribution in [3.8, 4) is 0 Å². The molecule has 1 aromatic carbocycles. The summed E-state index contributed by atoms with van der Waals surface area (Å²) in [7, 11) is 0. The highest BCUT2D eigenvalue weighted by Gasteiger charge is 2.17. The van der Waals surface area contributed by atoms with Crippen molar-refractivity contribution in [3.05, 3.63) is 35.7 Å². The van der Waals surface area contributed by atoms with Crippen LogP contribution >= 0.6 is 0 Å². The summed E-state index contributed by atoms with van der Waals surface area (Å²) in [6.45, 7) is 2.04. The number of hydrogen-bond donors (Lipinski definition) is 3. The van der Waals surface area contributed by atoms with Gasteiger partial charge in [-0.05, 0) is 24.1 Å². The predicted molar refractivity (Wildman–Crippen MR) is 74.5 cm³/mol. The molecule has 0 saturated heterocycles. The molecule has 1 atom stereocenters. The van der Waals surface area contributed by atoms with Gasteiger partial charge in [-0.2, -0.15) is 5.21 Å². The second-order valence-electron chi connectivity index (χ2n) is 4.60. The van der Waals surface area contributed by atoms with Gasteiger partial charge in [0.25, 0.3) is 0 Å². The first-order valence-corrected chi connectivity index (χ1v) is 6.56. The lowest BCUT2D eigenvalue weighted by Gasteiger charge is -2.14. The number of carbonyl (C=O) groups excluding carboxylic acids is 1. The summed E-state index contributed by atoms with van der Waals surface area (Å²) in [5.41, 5.74) is 7.22. The number of hydrogen-bond acceptors (Lipinski definition) is 5. The van der Waals surface area contributed by atoms with Gasteiger partial charge in [-0.25, -0.2) is 0 Å². The van der Waals surface area contributed by atoms with Gasteiger partial charge in [-0.15, -0.1) is 10.2 Å². The van der Waals surface area contributed by atoms with Crippen molar-refractivity contribution in [2.45, 2.75) is 32.2 Å². The van der Waals surface area contributed by atoms with Crippen LogP contribution in [0.15, 0.2) is 24.3 Å². The fraction of sp³-hybridized carbons (Fsp3) is 0.385. The summed E-state index contributed by atoms with van der Waals surface area (Å²) in [6.07, 6.45) is 1.99. The van der Waals surface area contributed by atoms with E-state index in [2.05, 4.69) is 25.9 Å². The third-order valence-electron chi connectivity index (χ3n) is 2.93. The van der Waals surface area contributed by atoms with Crippen molar-refractivity contribution in [2.24, 2.45) is 0 Å². The van der Waals surface area contributed by atoms with Gasteiger partial charge in [0.1, 0.15) is 0 Å². The first-order valence-electron chi connectivity index (χ1n) is 6.56. The van der Waals surface area contributed by atoms with Gasteiger partial charge in [0.2, 0.25) is 5.91 Å². The molecular weight excluding hydrogens is 256 g/mol. The minimum Gasteiger partial charge on any atom is -0.399 e. The zero-order valence-corrected chi connectivity index (χ0v) is 11.3. The number of carbonyl (C=O) groups is 1. The maximum Gasteiger partial charge on any atom is 0.225 e. The highest BCUT2D eigenvalue weighted by molar-refractivity contribution is 5.79. The quantitative estimate of drug-likeness (QED) is 0.680. The molecule has 106 valence electrons. The van der Waals surface area contributed by atoms with Gasteiger partial charge in [-0.3, -0.25) is 4.79 Å². The van der Waals surface area contributed by atoms with Crippen molar-refractivity contribution in [1.82, 2.24) is 25.9 Å². The van der Waals surface area contributed by atoms with E-state index in [9.17, 15) is 4.79 Å². The SMILES string of the molecule is CCCC(NC(=O)Cc1ccc(N)cc1)c1nn[nH]n1. The molecule has 0 aliphatic rings. The Bertz CT molecular complexity index is 536. The van der Waals surface area contributed by atoms with Crippen molar-refractivity contribution in [1.29, 1.82) is 0 Å². The number of nitrogen functional groups attached to an aromatic ring is 1. The molecule has 0 fully saturated rings. The van der Waals surface area contributed by atoms with E-state index in [1.165, 1.54) is 0 Å². The number of aromatic amines is 1. The third kappa shape index (κ3) is 3.78. The number of nitrogens with one attached hydrogen (secondary N) is 2. The number of aromatic nitrogens is 4. The molecular formula is C13H18N6O. The van der Waals surface area contributed by atoms with Crippen molar-refractivity contribution >= 4 is 11.6 Å². The molecule has 1 heterocycles. The Kier molecular flexibility index (Phi) is 4.65. The topological polar surface area (TPSA) is 110 Å². The van der Waals surface area contributed by atoms with E-state index in [4.69, 9.17) is 5.73 Å². The van der Waals surface area contributed by atoms with Crippen LogP contribution in [0.25, 0.3) is 0 Å². The van der Waals surface area contributed by atoms with Gasteiger partial charge in [0, 0.05) is 5.69 Å². The smallest absolute Gasteiger partial charge is 0.225 e. The molecule has 1 amide bonds. The van der Waals surface area contributed by atoms with Gasteiger partial charge in [0.05, 0.1) is 12.5 Å². The third-order valence-corrected chi connectivity index (χ3v) is 2.93. The number of amides is 1. The van der Waals surface area contributed by atoms with Crippen LogP contribution in [0.3, 0.4) is 0 Å². The Labute approximate surface area is 117 Å². The second kappa shape index (κ2) is 6.65. The summed E-state index contributed by atoms with van der Waals surface area (Å²) >= 11 is 0. The molecule has 0 aliphatic carbocycles. The fourth-order valence-corrected chi connectivity index (χ4v) is 1.94. The van der Waals surface area contributed by atoms with E-state index in [1.807, 2.05) is 19.1 Å². The number of anilines is 1. The summed E-state index contributed by atoms with van der Waals surface area (Å²) < 4.78 is 0. The molecule has 20 heavy (non-hydrogen) atoms. The minimum absolute atomic E-state index is 0.0713. The van der Waals surface area contributed by atoms with Crippen molar-refractivity contribution < 1.29 is 4.79 Å². The average Bonchev–Trinajstić information content (AvgIpc) is 2.95. The number of nitrogens with two attached hydrogens (primary N) is 1. The van der Waals surface area contributed by atoms with Crippen LogP contribution in [-0.4, -0.2) is 26.5 Å². The van der Waals surface area contributed by atoms with Crippen molar-refractivity contribution in [3.63, 3.8) is 0 Å². The molecule has 0 aliphatic heterocycles. The maximum atomic E-state index is 12.0.